The largest absolute Gasteiger partial charge is 0.481 e. The molecule has 1 heterocycles. The first-order valence-corrected chi connectivity index (χ1v) is 6.42. The van der Waals surface area contributed by atoms with Crippen molar-refractivity contribution in [3.63, 3.8) is 0 Å². The molecule has 0 aliphatic carbocycles. The first kappa shape index (κ1) is 12.7. The molecule has 0 amide bonds. The molecule has 4 nitrogen and oxygen atoms in total. The van der Waals surface area contributed by atoms with E-state index in [-0.39, 0.29) is 6.42 Å². The van der Waals surface area contributed by atoms with E-state index in [1.165, 1.54) is 0 Å². The van der Waals surface area contributed by atoms with Crippen molar-refractivity contribution in [1.82, 2.24) is 0 Å². The van der Waals surface area contributed by atoms with Gasteiger partial charge in [0.25, 0.3) is 0 Å². The number of carboxylic acids is 1. The molecule has 2 aromatic rings. The average molecular weight is 270 g/mol. The minimum atomic E-state index is -0.891. The molecule has 1 aliphatic heterocycles. The van der Waals surface area contributed by atoms with Crippen molar-refractivity contribution in [1.29, 1.82) is 0 Å². The summed E-state index contributed by atoms with van der Waals surface area (Å²) in [5.41, 5.74) is 2.24. The van der Waals surface area contributed by atoms with Crippen LogP contribution in [0.15, 0.2) is 42.5 Å². The van der Waals surface area contributed by atoms with Gasteiger partial charge in [-0.05, 0) is 29.3 Å². The maximum absolute atomic E-state index is 10.8. The molecule has 0 unspecified atom stereocenters. The van der Waals surface area contributed by atoms with E-state index in [4.69, 9.17) is 9.84 Å². The van der Waals surface area contributed by atoms with Crippen molar-refractivity contribution in [3.8, 4) is 11.5 Å². The fraction of sp³-hybridized carbons (Fsp3) is 0.188. The average Bonchev–Trinajstić information content (AvgIpc) is 2.54. The van der Waals surface area contributed by atoms with E-state index in [1.54, 1.807) is 18.2 Å². The molecule has 1 aliphatic rings. The number of rotatable bonds is 2. The van der Waals surface area contributed by atoms with E-state index in [2.05, 4.69) is 0 Å². The van der Waals surface area contributed by atoms with Gasteiger partial charge in [0.05, 0.1) is 12.5 Å². The fourth-order valence-corrected chi connectivity index (χ4v) is 2.44. The summed E-state index contributed by atoms with van der Waals surface area (Å²) < 4.78 is 5.83. The number of hydrogen-bond acceptors (Lipinski definition) is 3. The van der Waals surface area contributed by atoms with E-state index >= 15 is 0 Å². The molecule has 3 rings (SSSR count). The number of ether oxygens (including phenoxy) is 1. The molecule has 20 heavy (non-hydrogen) atoms. The fourth-order valence-electron chi connectivity index (χ4n) is 2.44. The van der Waals surface area contributed by atoms with Crippen molar-refractivity contribution >= 4 is 5.97 Å². The number of aliphatic carboxylic acids is 1. The zero-order chi connectivity index (χ0) is 14.1. The summed E-state index contributed by atoms with van der Waals surface area (Å²) in [5, 5.41) is 19.2. The van der Waals surface area contributed by atoms with Crippen LogP contribution in [-0.4, -0.2) is 16.2 Å². The topological polar surface area (TPSA) is 66.8 Å². The Balaban J connectivity index is 2.02. The zero-order valence-electron chi connectivity index (χ0n) is 10.7. The number of carboxylic acid groups (broad SMARTS) is 1. The number of carbonyl (C=O) groups is 1. The molecule has 102 valence electrons. The van der Waals surface area contributed by atoms with Gasteiger partial charge in [-0.15, -0.1) is 0 Å². The Labute approximate surface area is 116 Å². The number of aliphatic hydroxyl groups is 1. The third-order valence-electron chi connectivity index (χ3n) is 3.39. The summed E-state index contributed by atoms with van der Waals surface area (Å²) >= 11 is 0. The monoisotopic (exact) mass is 270 g/mol. The van der Waals surface area contributed by atoms with Crippen molar-refractivity contribution in [2.24, 2.45) is 0 Å². The predicted molar refractivity (Wildman–Crippen MR) is 73.0 cm³/mol. The van der Waals surface area contributed by atoms with Crippen molar-refractivity contribution in [3.05, 3.63) is 59.2 Å². The minimum absolute atomic E-state index is 0.0626. The molecule has 2 N–H and O–H groups in total. The second kappa shape index (κ2) is 4.98. The maximum atomic E-state index is 10.8. The summed E-state index contributed by atoms with van der Waals surface area (Å²) in [6, 6.07) is 12.7. The van der Waals surface area contributed by atoms with Gasteiger partial charge in [-0.1, -0.05) is 24.3 Å². The van der Waals surface area contributed by atoms with Gasteiger partial charge in [-0.25, -0.2) is 0 Å². The maximum Gasteiger partial charge on any atom is 0.307 e. The molecule has 2 aromatic carbocycles. The van der Waals surface area contributed by atoms with Crippen LogP contribution in [0.25, 0.3) is 0 Å². The number of hydrogen-bond donors (Lipinski definition) is 2. The van der Waals surface area contributed by atoms with Gasteiger partial charge < -0.3 is 14.9 Å². The zero-order valence-corrected chi connectivity index (χ0v) is 10.7. The van der Waals surface area contributed by atoms with E-state index < -0.39 is 12.1 Å². The smallest absolute Gasteiger partial charge is 0.307 e. The van der Waals surface area contributed by atoms with Gasteiger partial charge in [-0.2, -0.15) is 0 Å². The lowest BCUT2D eigenvalue weighted by Crippen LogP contribution is -2.04. The molecule has 0 aromatic heterocycles. The van der Waals surface area contributed by atoms with E-state index in [9.17, 15) is 9.90 Å². The van der Waals surface area contributed by atoms with Gasteiger partial charge in [0.1, 0.15) is 11.5 Å². The molecule has 0 saturated heterocycles. The normalized spacial score (nSPS) is 16.6. The molecular weight excluding hydrogens is 256 g/mol. The predicted octanol–water partition coefficient (Wildman–Crippen LogP) is 2.70. The van der Waals surface area contributed by atoms with Crippen LogP contribution < -0.4 is 4.74 Å². The SMILES string of the molecule is O=C(O)Cc1ccc2c(c1)[C@H](O)Cc1ccccc1O2. The molecule has 0 bridgehead atoms. The molecule has 0 spiro atoms. The van der Waals surface area contributed by atoms with Crippen LogP contribution in [0.4, 0.5) is 0 Å². The van der Waals surface area contributed by atoms with Crippen molar-refractivity contribution in [2.75, 3.05) is 0 Å². The van der Waals surface area contributed by atoms with Crippen LogP contribution in [0.2, 0.25) is 0 Å². The molecule has 1 atom stereocenters. The lowest BCUT2D eigenvalue weighted by atomic mass is 9.99. The van der Waals surface area contributed by atoms with Crippen molar-refractivity contribution < 1.29 is 19.7 Å². The summed E-state index contributed by atoms with van der Waals surface area (Å²) in [7, 11) is 0. The third kappa shape index (κ3) is 2.38. The van der Waals surface area contributed by atoms with E-state index in [0.717, 1.165) is 11.3 Å². The number of aliphatic hydroxyl groups excluding tert-OH is 1. The first-order chi connectivity index (χ1) is 9.63. The number of fused-ring (bicyclic) bond motifs is 2. The Hall–Kier alpha value is -2.33. The van der Waals surface area contributed by atoms with Gasteiger partial charge in [0, 0.05) is 12.0 Å². The first-order valence-electron chi connectivity index (χ1n) is 6.42. The quantitative estimate of drug-likeness (QED) is 0.880. The Morgan fingerprint density at radius 3 is 2.80 bits per heavy atom. The molecule has 0 radical (unpaired) electrons. The van der Waals surface area contributed by atoms with Crippen LogP contribution >= 0.6 is 0 Å². The highest BCUT2D eigenvalue weighted by atomic mass is 16.5. The van der Waals surface area contributed by atoms with Gasteiger partial charge >= 0.3 is 5.97 Å². The Morgan fingerprint density at radius 1 is 1.20 bits per heavy atom. The highest BCUT2D eigenvalue weighted by Crippen LogP contribution is 2.38. The van der Waals surface area contributed by atoms with Crippen LogP contribution in [0.3, 0.4) is 0 Å². The summed E-state index contributed by atoms with van der Waals surface area (Å²) in [6.07, 6.45) is -0.297. The number of benzene rings is 2. The van der Waals surface area contributed by atoms with Crippen LogP contribution in [0.5, 0.6) is 11.5 Å². The number of para-hydroxylation sites is 1. The molecular formula is C16H14O4. The summed E-state index contributed by atoms with van der Waals surface area (Å²) in [5.74, 6) is 0.421. The Kier molecular flexibility index (Phi) is 3.16. The summed E-state index contributed by atoms with van der Waals surface area (Å²) in [4.78, 5) is 10.8. The Morgan fingerprint density at radius 2 is 2.00 bits per heavy atom. The van der Waals surface area contributed by atoms with Crippen LogP contribution in [0, 0.1) is 0 Å². The summed E-state index contributed by atoms with van der Waals surface area (Å²) in [6.45, 7) is 0. The molecule has 0 fully saturated rings. The molecule has 0 saturated carbocycles. The standard InChI is InChI=1S/C16H14O4/c17-13-9-11-3-1-2-4-14(11)20-15-6-5-10(7-12(13)15)8-16(18)19/h1-7,13,17H,8-9H2,(H,18,19)/t13-/m1/s1. The molecule has 4 heteroatoms. The van der Waals surface area contributed by atoms with E-state index in [0.29, 0.717) is 23.3 Å². The highest BCUT2D eigenvalue weighted by molar-refractivity contribution is 5.70. The second-order valence-corrected chi connectivity index (χ2v) is 4.87. The Bertz CT molecular complexity index is 663. The van der Waals surface area contributed by atoms with Gasteiger partial charge in [-0.3, -0.25) is 4.79 Å². The lowest BCUT2D eigenvalue weighted by molar-refractivity contribution is -0.136. The van der Waals surface area contributed by atoms with Crippen molar-refractivity contribution in [2.45, 2.75) is 18.9 Å². The third-order valence-corrected chi connectivity index (χ3v) is 3.39. The van der Waals surface area contributed by atoms with E-state index in [1.807, 2.05) is 24.3 Å². The van der Waals surface area contributed by atoms with Crippen LogP contribution in [0.1, 0.15) is 22.8 Å². The lowest BCUT2D eigenvalue weighted by Gasteiger charge is -2.12. The van der Waals surface area contributed by atoms with Crippen LogP contribution in [-0.2, 0) is 17.6 Å². The minimum Gasteiger partial charge on any atom is -0.481 e. The van der Waals surface area contributed by atoms with Gasteiger partial charge in [0.15, 0.2) is 0 Å². The van der Waals surface area contributed by atoms with Gasteiger partial charge in [0.2, 0.25) is 0 Å². The second-order valence-electron chi connectivity index (χ2n) is 4.87. The highest BCUT2D eigenvalue weighted by Gasteiger charge is 2.22.